The topological polar surface area (TPSA) is 49.0 Å². The molecule has 6 heteroatoms. The lowest BCUT2D eigenvalue weighted by atomic mass is 9.58. The fraction of sp³-hybridized carbons (Fsp3) is 0.714. The van der Waals surface area contributed by atoms with Gasteiger partial charge >= 0.3 is 0 Å². The van der Waals surface area contributed by atoms with Crippen molar-refractivity contribution in [1.82, 2.24) is 0 Å². The summed E-state index contributed by atoms with van der Waals surface area (Å²) in [7, 11) is 0. The van der Waals surface area contributed by atoms with E-state index in [1.165, 1.54) is 9.99 Å². The molecule has 27 heavy (non-hydrogen) atoms. The van der Waals surface area contributed by atoms with Crippen LogP contribution in [-0.4, -0.2) is 23.9 Å². The highest BCUT2D eigenvalue weighted by molar-refractivity contribution is 14.1. The van der Waals surface area contributed by atoms with Gasteiger partial charge < -0.3 is 14.8 Å². The van der Waals surface area contributed by atoms with Gasteiger partial charge in [-0.2, -0.15) is 0 Å². The summed E-state index contributed by atoms with van der Waals surface area (Å²) in [6.07, 6.45) is 3.76. The van der Waals surface area contributed by atoms with E-state index in [-0.39, 0.29) is 6.23 Å². The minimum Gasteiger partial charge on any atom is -0.360 e. The summed E-state index contributed by atoms with van der Waals surface area (Å²) in [6.45, 7) is 6.59. The summed E-state index contributed by atoms with van der Waals surface area (Å²) in [5.74, 6) is 0.928. The highest BCUT2D eigenvalue weighted by atomic mass is 127. The van der Waals surface area contributed by atoms with Gasteiger partial charge in [0.25, 0.3) is 0 Å². The average Bonchev–Trinajstić information content (AvgIpc) is 2.87. The SMILES string of the molecule is C[C@H]1[C@H](Nc2ccc(I)cc2)O[C@@H]2O[C@]3(C)CC[C@H]4[C@H](C)CC[C@@H]1[C@@]24OO3. The Kier molecular flexibility index (Phi) is 4.52. The van der Waals surface area contributed by atoms with Crippen LogP contribution in [0.25, 0.3) is 0 Å². The van der Waals surface area contributed by atoms with E-state index in [1.807, 2.05) is 6.92 Å². The highest BCUT2D eigenvalue weighted by Gasteiger charge is 2.69. The second-order valence-corrected chi connectivity index (χ2v) is 10.2. The van der Waals surface area contributed by atoms with Crippen molar-refractivity contribution in [2.24, 2.45) is 23.7 Å². The molecule has 0 aromatic heterocycles. The van der Waals surface area contributed by atoms with E-state index in [4.69, 9.17) is 19.2 Å². The van der Waals surface area contributed by atoms with Crippen LogP contribution < -0.4 is 5.32 Å². The Morgan fingerprint density at radius 3 is 2.59 bits per heavy atom. The first-order valence-electron chi connectivity index (χ1n) is 10.1. The Bertz CT molecular complexity index is 715. The minimum atomic E-state index is -0.717. The molecule has 0 unspecified atom stereocenters. The number of rotatable bonds is 2. The molecule has 1 aromatic carbocycles. The van der Waals surface area contributed by atoms with Crippen LogP contribution in [0.3, 0.4) is 0 Å². The Hall–Kier alpha value is -0.410. The molecule has 8 atom stereocenters. The number of fused-ring (bicyclic) bond motifs is 2. The first-order chi connectivity index (χ1) is 12.9. The van der Waals surface area contributed by atoms with Crippen molar-refractivity contribution in [1.29, 1.82) is 0 Å². The van der Waals surface area contributed by atoms with Crippen LogP contribution in [0.4, 0.5) is 5.69 Å². The number of ether oxygens (including phenoxy) is 2. The minimum absolute atomic E-state index is 0.105. The van der Waals surface area contributed by atoms with Crippen molar-refractivity contribution >= 4 is 28.3 Å². The largest absolute Gasteiger partial charge is 0.360 e. The molecule has 148 valence electrons. The molecule has 0 radical (unpaired) electrons. The Balaban J connectivity index is 1.48. The molecule has 5 nitrogen and oxygen atoms in total. The third-order valence-electron chi connectivity index (χ3n) is 7.31. The normalized spacial score (nSPS) is 48.6. The van der Waals surface area contributed by atoms with E-state index in [2.05, 4.69) is 66.0 Å². The summed E-state index contributed by atoms with van der Waals surface area (Å²) in [5, 5.41) is 3.59. The predicted octanol–water partition coefficient (Wildman–Crippen LogP) is 4.91. The quantitative estimate of drug-likeness (QED) is 0.477. The molecule has 1 aromatic rings. The van der Waals surface area contributed by atoms with Gasteiger partial charge in [0.1, 0.15) is 6.23 Å². The maximum atomic E-state index is 6.55. The molecule has 1 N–H and O–H groups in total. The van der Waals surface area contributed by atoms with Gasteiger partial charge in [-0.15, -0.1) is 0 Å². The molecule has 5 aliphatic rings. The van der Waals surface area contributed by atoms with E-state index in [0.717, 1.165) is 24.9 Å². The zero-order chi connectivity index (χ0) is 18.8. The molecule has 5 fully saturated rings. The monoisotopic (exact) mass is 485 g/mol. The Morgan fingerprint density at radius 1 is 1.04 bits per heavy atom. The van der Waals surface area contributed by atoms with Crippen molar-refractivity contribution in [2.45, 2.75) is 70.4 Å². The zero-order valence-electron chi connectivity index (χ0n) is 16.1. The number of anilines is 1. The maximum Gasteiger partial charge on any atom is 0.201 e. The third-order valence-corrected chi connectivity index (χ3v) is 8.03. The molecule has 4 heterocycles. The van der Waals surface area contributed by atoms with E-state index in [9.17, 15) is 0 Å². The van der Waals surface area contributed by atoms with Crippen molar-refractivity contribution in [3.63, 3.8) is 0 Å². The van der Waals surface area contributed by atoms with Crippen molar-refractivity contribution in [2.75, 3.05) is 5.32 Å². The highest BCUT2D eigenvalue weighted by Crippen LogP contribution is 2.60. The van der Waals surface area contributed by atoms with Gasteiger partial charge in [-0.05, 0) is 84.9 Å². The van der Waals surface area contributed by atoms with Crippen LogP contribution in [0.5, 0.6) is 0 Å². The maximum absolute atomic E-state index is 6.55. The first kappa shape index (κ1) is 18.6. The summed E-state index contributed by atoms with van der Waals surface area (Å²) >= 11 is 2.32. The molecule has 1 spiro atoms. The average molecular weight is 485 g/mol. The first-order valence-corrected chi connectivity index (χ1v) is 11.2. The molecule has 6 rings (SSSR count). The van der Waals surface area contributed by atoms with E-state index >= 15 is 0 Å². The van der Waals surface area contributed by atoms with Crippen LogP contribution in [-0.2, 0) is 19.2 Å². The van der Waals surface area contributed by atoms with Gasteiger partial charge in [0.05, 0.1) is 0 Å². The number of nitrogens with one attached hydrogen (secondary N) is 1. The standard InChI is InChI=1S/C21H28INO4/c1-12-4-9-17-13(2)18(23-15-7-5-14(22)6-8-15)24-19-21(17)16(12)10-11-20(3,25-19)26-27-21/h5-8,12-13,16-19,23H,4,9-11H2,1-3H3/t12-,13-,16+,17+,18-,19-,20+,21-/m1/s1. The second kappa shape index (κ2) is 6.55. The zero-order valence-corrected chi connectivity index (χ0v) is 18.3. The fourth-order valence-electron chi connectivity index (χ4n) is 5.78. The van der Waals surface area contributed by atoms with E-state index < -0.39 is 17.7 Å². The Labute approximate surface area is 174 Å². The molecule has 4 saturated heterocycles. The lowest BCUT2D eigenvalue weighted by Gasteiger charge is -2.60. The van der Waals surface area contributed by atoms with Crippen molar-refractivity contribution < 1.29 is 19.2 Å². The van der Waals surface area contributed by atoms with Gasteiger partial charge in [-0.1, -0.05) is 13.8 Å². The predicted molar refractivity (Wildman–Crippen MR) is 110 cm³/mol. The van der Waals surface area contributed by atoms with Crippen LogP contribution >= 0.6 is 22.6 Å². The van der Waals surface area contributed by atoms with Gasteiger partial charge in [0, 0.05) is 27.5 Å². The van der Waals surface area contributed by atoms with E-state index in [1.54, 1.807) is 0 Å². The van der Waals surface area contributed by atoms with Crippen LogP contribution in [0.2, 0.25) is 0 Å². The van der Waals surface area contributed by atoms with Gasteiger partial charge in [-0.3, -0.25) is 0 Å². The second-order valence-electron chi connectivity index (χ2n) is 8.98. The molecular weight excluding hydrogens is 457 g/mol. The van der Waals surface area contributed by atoms with Crippen LogP contribution in [0, 0.1) is 27.2 Å². The van der Waals surface area contributed by atoms with E-state index in [0.29, 0.717) is 23.7 Å². The number of hydrogen-bond acceptors (Lipinski definition) is 5. The van der Waals surface area contributed by atoms with Crippen molar-refractivity contribution in [3.05, 3.63) is 27.8 Å². The molecule has 1 saturated carbocycles. The number of halogens is 1. The molecule has 0 amide bonds. The number of hydrogen-bond donors (Lipinski definition) is 1. The third kappa shape index (κ3) is 2.86. The molecule has 1 aliphatic carbocycles. The molecular formula is C21H28INO4. The number of benzene rings is 1. The molecule has 4 aliphatic heterocycles. The van der Waals surface area contributed by atoms with Crippen LogP contribution in [0.1, 0.15) is 46.5 Å². The smallest absolute Gasteiger partial charge is 0.201 e. The summed E-state index contributed by atoms with van der Waals surface area (Å²) in [6, 6.07) is 8.43. The Morgan fingerprint density at radius 2 is 1.81 bits per heavy atom. The summed E-state index contributed by atoms with van der Waals surface area (Å²) in [4.78, 5) is 12.1. The summed E-state index contributed by atoms with van der Waals surface area (Å²) < 4.78 is 14.2. The van der Waals surface area contributed by atoms with Gasteiger partial charge in [0.15, 0.2) is 11.9 Å². The van der Waals surface area contributed by atoms with Crippen molar-refractivity contribution in [3.8, 4) is 0 Å². The van der Waals surface area contributed by atoms with Crippen LogP contribution in [0.15, 0.2) is 24.3 Å². The lowest BCUT2D eigenvalue weighted by Crippen LogP contribution is -2.71. The fourth-order valence-corrected chi connectivity index (χ4v) is 6.14. The van der Waals surface area contributed by atoms with Gasteiger partial charge in [0.2, 0.25) is 5.79 Å². The summed E-state index contributed by atoms with van der Waals surface area (Å²) in [5.41, 5.74) is 0.586. The van der Waals surface area contributed by atoms with Gasteiger partial charge in [-0.25, -0.2) is 9.78 Å². The lowest BCUT2D eigenvalue weighted by molar-refractivity contribution is -0.570. The molecule has 2 bridgehead atoms.